The number of para-hydroxylation sites is 1. The quantitative estimate of drug-likeness (QED) is 0.872. The van der Waals surface area contributed by atoms with Crippen LogP contribution in [0.5, 0.6) is 5.75 Å². The van der Waals surface area contributed by atoms with Crippen molar-refractivity contribution in [3.8, 4) is 5.75 Å². The molecule has 1 aliphatic heterocycles. The first-order valence-corrected chi connectivity index (χ1v) is 8.30. The highest BCUT2D eigenvalue weighted by Crippen LogP contribution is 2.34. The van der Waals surface area contributed by atoms with Gasteiger partial charge in [0, 0.05) is 24.8 Å². The molecule has 0 bridgehead atoms. The molecule has 0 aliphatic carbocycles. The summed E-state index contributed by atoms with van der Waals surface area (Å²) in [5, 5.41) is 12.0. The van der Waals surface area contributed by atoms with Crippen LogP contribution in [0.2, 0.25) is 0 Å². The zero-order chi connectivity index (χ0) is 18.9. The molecule has 1 atom stereocenters. The Balaban J connectivity index is 1.71. The van der Waals surface area contributed by atoms with Gasteiger partial charge in [0.25, 0.3) is 5.91 Å². The lowest BCUT2D eigenvalue weighted by Gasteiger charge is -2.27. The molecule has 0 spiro atoms. The van der Waals surface area contributed by atoms with Gasteiger partial charge in [0.05, 0.1) is 11.1 Å². The molecule has 1 unspecified atom stereocenters. The number of hydrogen-bond donors (Lipinski definition) is 2. The standard InChI is InChI=1S/C19H19F3N2O2/c1-12(24-9-8-13-4-2-3-5-17(13)24)11-23-18(26)15-10-14(25)6-7-16(15)19(20,21)22/h2-7,10,12,25H,8-9,11H2,1H3,(H,23,26). The number of aromatic hydroxyl groups is 1. The summed E-state index contributed by atoms with van der Waals surface area (Å²) in [5.74, 6) is -1.24. The largest absolute Gasteiger partial charge is 0.508 e. The summed E-state index contributed by atoms with van der Waals surface area (Å²) >= 11 is 0. The molecule has 0 fully saturated rings. The van der Waals surface area contributed by atoms with Crippen molar-refractivity contribution in [2.24, 2.45) is 0 Å². The smallest absolute Gasteiger partial charge is 0.417 e. The number of hydrogen-bond acceptors (Lipinski definition) is 3. The Kier molecular flexibility index (Phi) is 4.80. The van der Waals surface area contributed by atoms with E-state index in [1.165, 1.54) is 5.56 Å². The van der Waals surface area contributed by atoms with Gasteiger partial charge in [-0.3, -0.25) is 4.79 Å². The normalized spacial score (nSPS) is 14.8. The minimum absolute atomic E-state index is 0.0748. The number of nitrogens with zero attached hydrogens (tertiary/aromatic N) is 1. The molecule has 2 aromatic rings. The van der Waals surface area contributed by atoms with Crippen molar-refractivity contribution in [2.75, 3.05) is 18.0 Å². The van der Waals surface area contributed by atoms with Crippen molar-refractivity contribution in [2.45, 2.75) is 25.6 Å². The number of rotatable bonds is 4. The maximum atomic E-state index is 13.1. The summed E-state index contributed by atoms with van der Waals surface area (Å²) in [6.45, 7) is 2.91. The highest BCUT2D eigenvalue weighted by molar-refractivity contribution is 5.96. The third-order valence-corrected chi connectivity index (χ3v) is 4.57. The predicted molar refractivity (Wildman–Crippen MR) is 92.4 cm³/mol. The lowest BCUT2D eigenvalue weighted by molar-refractivity contribution is -0.137. The molecule has 7 heteroatoms. The number of carbonyl (C=O) groups is 1. The lowest BCUT2D eigenvalue weighted by Crippen LogP contribution is -2.41. The van der Waals surface area contributed by atoms with Gasteiger partial charge in [-0.05, 0) is 43.2 Å². The molecule has 1 amide bonds. The number of fused-ring (bicyclic) bond motifs is 1. The molecular weight excluding hydrogens is 345 g/mol. The molecule has 0 saturated carbocycles. The number of carbonyl (C=O) groups excluding carboxylic acids is 1. The van der Waals surface area contributed by atoms with Crippen molar-refractivity contribution in [3.05, 3.63) is 59.2 Å². The molecule has 138 valence electrons. The number of halogens is 3. The van der Waals surface area contributed by atoms with E-state index in [1.54, 1.807) is 0 Å². The van der Waals surface area contributed by atoms with E-state index in [0.29, 0.717) is 6.07 Å². The van der Waals surface area contributed by atoms with E-state index >= 15 is 0 Å². The fourth-order valence-corrected chi connectivity index (χ4v) is 3.23. The van der Waals surface area contributed by atoms with E-state index in [9.17, 15) is 23.1 Å². The maximum absolute atomic E-state index is 13.1. The lowest BCUT2D eigenvalue weighted by atomic mass is 10.1. The number of nitrogens with one attached hydrogen (secondary N) is 1. The number of alkyl halides is 3. The summed E-state index contributed by atoms with van der Waals surface area (Å²) < 4.78 is 39.2. The van der Waals surface area contributed by atoms with Gasteiger partial charge in [-0.1, -0.05) is 18.2 Å². The van der Waals surface area contributed by atoms with E-state index in [0.717, 1.165) is 30.8 Å². The Morgan fingerprint density at radius 2 is 2.00 bits per heavy atom. The molecule has 0 radical (unpaired) electrons. The van der Waals surface area contributed by atoms with Crippen LogP contribution in [0.25, 0.3) is 0 Å². The average Bonchev–Trinajstić information content (AvgIpc) is 3.02. The molecule has 1 heterocycles. The van der Waals surface area contributed by atoms with Gasteiger partial charge in [0.1, 0.15) is 5.75 Å². The summed E-state index contributed by atoms with van der Waals surface area (Å²) in [4.78, 5) is 14.4. The maximum Gasteiger partial charge on any atom is 0.417 e. The van der Waals surface area contributed by atoms with Crippen LogP contribution >= 0.6 is 0 Å². The predicted octanol–water partition coefficient (Wildman–Crippen LogP) is 3.59. The molecule has 1 aliphatic rings. The van der Waals surface area contributed by atoms with E-state index in [2.05, 4.69) is 10.2 Å². The molecule has 0 saturated heterocycles. The number of anilines is 1. The number of phenols is 1. The zero-order valence-electron chi connectivity index (χ0n) is 14.2. The summed E-state index contributed by atoms with van der Waals surface area (Å²) in [6.07, 6.45) is -3.76. The summed E-state index contributed by atoms with van der Waals surface area (Å²) in [6, 6.07) is 10.3. The Morgan fingerprint density at radius 1 is 1.27 bits per heavy atom. The zero-order valence-corrected chi connectivity index (χ0v) is 14.2. The summed E-state index contributed by atoms with van der Waals surface area (Å²) in [7, 11) is 0. The van der Waals surface area contributed by atoms with Crippen LogP contribution in [-0.2, 0) is 12.6 Å². The van der Waals surface area contributed by atoms with Crippen LogP contribution in [-0.4, -0.2) is 30.1 Å². The van der Waals surface area contributed by atoms with Crippen LogP contribution in [0.1, 0.15) is 28.4 Å². The Hall–Kier alpha value is -2.70. The fraction of sp³-hybridized carbons (Fsp3) is 0.316. The van der Waals surface area contributed by atoms with Gasteiger partial charge < -0.3 is 15.3 Å². The van der Waals surface area contributed by atoms with Crippen molar-refractivity contribution in [1.29, 1.82) is 0 Å². The first kappa shape index (κ1) is 18.1. The van der Waals surface area contributed by atoms with Gasteiger partial charge in [-0.15, -0.1) is 0 Å². The van der Waals surface area contributed by atoms with E-state index in [1.807, 2.05) is 31.2 Å². The van der Waals surface area contributed by atoms with Gasteiger partial charge in [-0.25, -0.2) is 0 Å². The Morgan fingerprint density at radius 3 is 2.73 bits per heavy atom. The second-order valence-corrected chi connectivity index (χ2v) is 6.36. The average molecular weight is 364 g/mol. The van der Waals surface area contributed by atoms with Gasteiger partial charge in [-0.2, -0.15) is 13.2 Å². The van der Waals surface area contributed by atoms with Crippen molar-refractivity contribution in [1.82, 2.24) is 5.32 Å². The number of benzene rings is 2. The molecule has 2 N–H and O–H groups in total. The van der Waals surface area contributed by atoms with E-state index < -0.39 is 23.2 Å². The monoisotopic (exact) mass is 364 g/mol. The Bertz CT molecular complexity index is 821. The topological polar surface area (TPSA) is 52.6 Å². The number of phenolic OH excluding ortho intramolecular Hbond substituents is 1. The van der Waals surface area contributed by atoms with Gasteiger partial charge >= 0.3 is 6.18 Å². The Labute approximate surface area is 149 Å². The molecule has 0 aromatic heterocycles. The highest BCUT2D eigenvalue weighted by Gasteiger charge is 2.35. The SMILES string of the molecule is CC(CNC(=O)c1cc(O)ccc1C(F)(F)F)N1CCc2ccccc21. The second-order valence-electron chi connectivity index (χ2n) is 6.36. The minimum Gasteiger partial charge on any atom is -0.508 e. The summed E-state index contributed by atoms with van der Waals surface area (Å²) in [5.41, 5.74) is 0.666. The third-order valence-electron chi connectivity index (χ3n) is 4.57. The number of amides is 1. The second kappa shape index (κ2) is 6.90. The highest BCUT2D eigenvalue weighted by atomic mass is 19.4. The first-order chi connectivity index (χ1) is 12.3. The molecule has 4 nitrogen and oxygen atoms in total. The van der Waals surface area contributed by atoms with Crippen LogP contribution in [0, 0.1) is 0 Å². The fourth-order valence-electron chi connectivity index (χ4n) is 3.23. The van der Waals surface area contributed by atoms with Crippen molar-refractivity contribution < 1.29 is 23.1 Å². The molecule has 3 rings (SSSR count). The van der Waals surface area contributed by atoms with Crippen molar-refractivity contribution in [3.63, 3.8) is 0 Å². The van der Waals surface area contributed by atoms with Crippen LogP contribution < -0.4 is 10.2 Å². The van der Waals surface area contributed by atoms with Crippen LogP contribution in [0.15, 0.2) is 42.5 Å². The molecule has 2 aromatic carbocycles. The van der Waals surface area contributed by atoms with Gasteiger partial charge in [0.15, 0.2) is 0 Å². The van der Waals surface area contributed by atoms with Gasteiger partial charge in [0.2, 0.25) is 0 Å². The first-order valence-electron chi connectivity index (χ1n) is 8.30. The van der Waals surface area contributed by atoms with Crippen LogP contribution in [0.4, 0.5) is 18.9 Å². The molecule has 26 heavy (non-hydrogen) atoms. The molecular formula is C19H19F3N2O2. The van der Waals surface area contributed by atoms with Crippen LogP contribution in [0.3, 0.4) is 0 Å². The van der Waals surface area contributed by atoms with E-state index in [4.69, 9.17) is 0 Å². The minimum atomic E-state index is -4.67. The van der Waals surface area contributed by atoms with E-state index in [-0.39, 0.29) is 18.3 Å². The van der Waals surface area contributed by atoms with Crippen molar-refractivity contribution >= 4 is 11.6 Å². The third kappa shape index (κ3) is 3.61.